The molecule has 2 rings (SSSR count). The highest BCUT2D eigenvalue weighted by molar-refractivity contribution is 7.14. The van der Waals surface area contributed by atoms with E-state index in [1.807, 2.05) is 11.4 Å². The van der Waals surface area contributed by atoms with Crippen LogP contribution in [0.25, 0.3) is 0 Å². The summed E-state index contributed by atoms with van der Waals surface area (Å²) < 4.78 is 5.35. The predicted octanol–water partition coefficient (Wildman–Crippen LogP) is 2.78. The van der Waals surface area contributed by atoms with Crippen molar-refractivity contribution >= 4 is 29.2 Å². The number of carbonyl (C=O) groups excluding carboxylic acids is 3. The molecule has 0 aliphatic heterocycles. The van der Waals surface area contributed by atoms with Crippen molar-refractivity contribution in [2.45, 2.75) is 58.5 Å². The first-order valence-corrected chi connectivity index (χ1v) is 9.13. The number of esters is 1. The minimum Gasteiger partial charge on any atom is -0.448 e. The third-order valence-electron chi connectivity index (χ3n) is 4.04. The second kappa shape index (κ2) is 8.28. The molecule has 0 saturated heterocycles. The lowest BCUT2D eigenvalue weighted by Crippen LogP contribution is -2.45. The highest BCUT2D eigenvalue weighted by atomic mass is 32.1. The Labute approximate surface area is 145 Å². The van der Waals surface area contributed by atoms with E-state index in [2.05, 4.69) is 0 Å². The number of rotatable bonds is 4. The third kappa shape index (κ3) is 4.80. The molecule has 0 fully saturated rings. The topological polar surface area (TPSA) is 98.5 Å². The van der Waals surface area contributed by atoms with E-state index in [-0.39, 0.29) is 5.92 Å². The summed E-state index contributed by atoms with van der Waals surface area (Å²) in [5.41, 5.74) is 6.18. The van der Waals surface area contributed by atoms with Gasteiger partial charge in [-0.25, -0.2) is 9.59 Å². The fourth-order valence-corrected chi connectivity index (χ4v) is 3.94. The van der Waals surface area contributed by atoms with Gasteiger partial charge < -0.3 is 10.5 Å². The summed E-state index contributed by atoms with van der Waals surface area (Å²) in [7, 11) is 0. The molecule has 1 atom stereocenters. The van der Waals surface area contributed by atoms with Gasteiger partial charge in [0.25, 0.3) is 5.91 Å². The van der Waals surface area contributed by atoms with Crippen LogP contribution < -0.4 is 11.1 Å². The van der Waals surface area contributed by atoms with Crippen molar-refractivity contribution in [2.24, 2.45) is 11.7 Å². The molecule has 0 radical (unpaired) electrons. The fraction of sp³-hybridized carbons (Fsp3) is 0.588. The number of aryl methyl sites for hydroxylation is 2. The Morgan fingerprint density at radius 2 is 1.83 bits per heavy atom. The normalized spacial score (nSPS) is 15.8. The number of imide groups is 1. The molecule has 1 aromatic heterocycles. The SMILES string of the molecule is CC(C)[C@@H](OC(=O)c1cc2c(s1)CCCCCC2)C(=O)NC(N)=O. The summed E-state index contributed by atoms with van der Waals surface area (Å²) >= 11 is 1.45. The summed E-state index contributed by atoms with van der Waals surface area (Å²) in [4.78, 5) is 37.0. The van der Waals surface area contributed by atoms with E-state index in [4.69, 9.17) is 10.5 Å². The number of thiophene rings is 1. The monoisotopic (exact) mass is 352 g/mol. The summed E-state index contributed by atoms with van der Waals surface area (Å²) in [5.74, 6) is -1.49. The van der Waals surface area contributed by atoms with Gasteiger partial charge in [-0.15, -0.1) is 11.3 Å². The molecule has 1 aliphatic rings. The van der Waals surface area contributed by atoms with Gasteiger partial charge in [0.05, 0.1) is 0 Å². The van der Waals surface area contributed by atoms with E-state index >= 15 is 0 Å². The molecular formula is C17H24N2O4S. The van der Waals surface area contributed by atoms with Gasteiger partial charge in [0.1, 0.15) is 4.88 Å². The molecular weight excluding hydrogens is 328 g/mol. The molecule has 0 bridgehead atoms. The number of nitrogens with two attached hydrogens (primary N) is 1. The van der Waals surface area contributed by atoms with E-state index in [9.17, 15) is 14.4 Å². The zero-order valence-corrected chi connectivity index (χ0v) is 14.9. The second-order valence-electron chi connectivity index (χ2n) is 6.40. The van der Waals surface area contributed by atoms with Gasteiger partial charge in [-0.1, -0.05) is 26.7 Å². The number of nitrogens with one attached hydrogen (secondary N) is 1. The van der Waals surface area contributed by atoms with Gasteiger partial charge in [0.15, 0.2) is 6.10 Å². The molecule has 1 aliphatic carbocycles. The van der Waals surface area contributed by atoms with Gasteiger partial charge in [-0.2, -0.15) is 0 Å². The Bertz CT molecular complexity index is 599. The third-order valence-corrected chi connectivity index (χ3v) is 5.26. The van der Waals surface area contributed by atoms with E-state index in [0.717, 1.165) is 25.7 Å². The summed E-state index contributed by atoms with van der Waals surface area (Å²) in [6.07, 6.45) is 5.63. The van der Waals surface area contributed by atoms with Crippen molar-refractivity contribution in [1.82, 2.24) is 5.32 Å². The minimum atomic E-state index is -1.05. The van der Waals surface area contributed by atoms with Gasteiger partial charge >= 0.3 is 12.0 Å². The zero-order valence-electron chi connectivity index (χ0n) is 14.1. The summed E-state index contributed by atoms with van der Waals surface area (Å²) in [6, 6.07) is 0.928. The van der Waals surface area contributed by atoms with Crippen molar-refractivity contribution in [3.05, 3.63) is 21.4 Å². The van der Waals surface area contributed by atoms with Crippen LogP contribution in [-0.4, -0.2) is 24.0 Å². The van der Waals surface area contributed by atoms with Crippen molar-refractivity contribution in [3.63, 3.8) is 0 Å². The van der Waals surface area contributed by atoms with Crippen LogP contribution in [0.5, 0.6) is 0 Å². The molecule has 24 heavy (non-hydrogen) atoms. The predicted molar refractivity (Wildman–Crippen MR) is 92.0 cm³/mol. The van der Waals surface area contributed by atoms with Gasteiger partial charge in [0.2, 0.25) is 0 Å². The Hall–Kier alpha value is -1.89. The first-order chi connectivity index (χ1) is 11.4. The van der Waals surface area contributed by atoms with Gasteiger partial charge in [-0.3, -0.25) is 10.1 Å². The van der Waals surface area contributed by atoms with Crippen molar-refractivity contribution < 1.29 is 19.1 Å². The van der Waals surface area contributed by atoms with Crippen LogP contribution in [0.2, 0.25) is 0 Å². The number of hydrogen-bond acceptors (Lipinski definition) is 5. The average Bonchev–Trinajstić information content (AvgIpc) is 2.85. The van der Waals surface area contributed by atoms with Crippen LogP contribution in [-0.2, 0) is 22.4 Å². The van der Waals surface area contributed by atoms with E-state index in [1.165, 1.54) is 34.6 Å². The average molecular weight is 352 g/mol. The van der Waals surface area contributed by atoms with E-state index in [0.29, 0.717) is 4.88 Å². The Morgan fingerprint density at radius 1 is 1.17 bits per heavy atom. The lowest BCUT2D eigenvalue weighted by atomic mass is 10.00. The molecule has 6 nitrogen and oxygen atoms in total. The molecule has 132 valence electrons. The number of ether oxygens (including phenoxy) is 1. The molecule has 0 spiro atoms. The molecule has 0 saturated carbocycles. The lowest BCUT2D eigenvalue weighted by Gasteiger charge is -2.19. The second-order valence-corrected chi connectivity index (χ2v) is 7.53. The van der Waals surface area contributed by atoms with Crippen molar-refractivity contribution in [2.75, 3.05) is 0 Å². The number of amides is 3. The number of fused-ring (bicyclic) bond motifs is 1. The minimum absolute atomic E-state index is 0.269. The molecule has 3 amide bonds. The molecule has 7 heteroatoms. The molecule has 0 aromatic carbocycles. The largest absolute Gasteiger partial charge is 0.448 e. The van der Waals surface area contributed by atoms with Crippen LogP contribution >= 0.6 is 11.3 Å². The summed E-state index contributed by atoms with van der Waals surface area (Å²) in [6.45, 7) is 3.48. The maximum atomic E-state index is 12.4. The highest BCUT2D eigenvalue weighted by Crippen LogP contribution is 2.29. The Balaban J connectivity index is 2.11. The van der Waals surface area contributed by atoms with Crippen LogP contribution in [0.4, 0.5) is 4.79 Å². The highest BCUT2D eigenvalue weighted by Gasteiger charge is 2.29. The van der Waals surface area contributed by atoms with Crippen LogP contribution in [0.15, 0.2) is 6.07 Å². The van der Waals surface area contributed by atoms with E-state index in [1.54, 1.807) is 13.8 Å². The Morgan fingerprint density at radius 3 is 2.46 bits per heavy atom. The van der Waals surface area contributed by atoms with Crippen LogP contribution in [0.1, 0.15) is 59.6 Å². The van der Waals surface area contributed by atoms with Crippen LogP contribution in [0, 0.1) is 5.92 Å². The molecule has 1 aromatic rings. The maximum Gasteiger partial charge on any atom is 0.349 e. The quantitative estimate of drug-likeness (QED) is 0.814. The van der Waals surface area contributed by atoms with Gasteiger partial charge in [-0.05, 0) is 43.2 Å². The number of urea groups is 1. The molecule has 1 heterocycles. The fourth-order valence-electron chi connectivity index (χ4n) is 2.80. The number of carbonyl (C=O) groups is 3. The Kier molecular flexibility index (Phi) is 6.36. The molecule has 3 N–H and O–H groups in total. The zero-order chi connectivity index (χ0) is 17.7. The first kappa shape index (κ1) is 18.4. The number of primary amides is 1. The van der Waals surface area contributed by atoms with Crippen LogP contribution in [0.3, 0.4) is 0 Å². The first-order valence-electron chi connectivity index (χ1n) is 8.31. The smallest absolute Gasteiger partial charge is 0.349 e. The summed E-state index contributed by atoms with van der Waals surface area (Å²) in [5, 5.41) is 1.97. The van der Waals surface area contributed by atoms with Crippen molar-refractivity contribution in [3.8, 4) is 0 Å². The van der Waals surface area contributed by atoms with E-state index < -0.39 is 24.0 Å². The van der Waals surface area contributed by atoms with Gasteiger partial charge in [0, 0.05) is 4.88 Å². The van der Waals surface area contributed by atoms with Crippen molar-refractivity contribution in [1.29, 1.82) is 0 Å². The number of hydrogen-bond donors (Lipinski definition) is 2. The maximum absolute atomic E-state index is 12.4. The standard InChI is InChI=1S/C17H24N2O4S/c1-10(2)14(15(20)19-17(18)22)23-16(21)13-9-11-7-5-3-4-6-8-12(11)24-13/h9-10,14H,3-8H2,1-2H3,(H3,18,19,20,22)/t14-/m1/s1. The molecule has 0 unspecified atom stereocenters. The lowest BCUT2D eigenvalue weighted by molar-refractivity contribution is -0.130.